The lowest BCUT2D eigenvalue weighted by Gasteiger charge is -2.46. The molecule has 0 spiro atoms. The van der Waals surface area contributed by atoms with Gasteiger partial charge in [-0.2, -0.15) is 0 Å². The number of likely N-dealkylation sites (tertiary alicyclic amines) is 1. The van der Waals surface area contributed by atoms with Crippen LogP contribution < -0.4 is 5.32 Å². The Kier molecular flexibility index (Phi) is 3.71. The summed E-state index contributed by atoms with van der Waals surface area (Å²) in [7, 11) is 0. The Hall–Kier alpha value is -1.10. The van der Waals surface area contributed by atoms with Gasteiger partial charge in [0.2, 0.25) is 5.91 Å². The number of hydrogen-bond donors (Lipinski definition) is 2. The summed E-state index contributed by atoms with van der Waals surface area (Å²) in [6.07, 6.45) is 2.26. The molecule has 5 heteroatoms. The van der Waals surface area contributed by atoms with E-state index >= 15 is 0 Å². The van der Waals surface area contributed by atoms with Gasteiger partial charge in [-0.15, -0.1) is 0 Å². The largest absolute Gasteiger partial charge is 0.387 e. The van der Waals surface area contributed by atoms with Gasteiger partial charge in [0.1, 0.15) is 0 Å². The standard InChI is InChI=1S/C15H19ClN2O2/c16-13-4-2-1-3-11(13)7-17-14(19)8-18-9-15(20,10-18)12-5-6-12/h1-4,12,20H,5-10H2,(H,17,19). The first-order valence-electron chi connectivity index (χ1n) is 7.02. The van der Waals surface area contributed by atoms with Crippen LogP contribution in [0.4, 0.5) is 0 Å². The van der Waals surface area contributed by atoms with E-state index in [2.05, 4.69) is 5.32 Å². The highest BCUT2D eigenvalue weighted by atomic mass is 35.5. The number of carbonyl (C=O) groups excluding carboxylic acids is 1. The van der Waals surface area contributed by atoms with Crippen molar-refractivity contribution in [1.82, 2.24) is 10.2 Å². The predicted molar refractivity (Wildman–Crippen MR) is 77.4 cm³/mol. The molecule has 4 nitrogen and oxygen atoms in total. The minimum absolute atomic E-state index is 0.0252. The van der Waals surface area contributed by atoms with Crippen molar-refractivity contribution < 1.29 is 9.90 Å². The summed E-state index contributed by atoms with van der Waals surface area (Å²) in [6, 6.07) is 7.48. The lowest BCUT2D eigenvalue weighted by molar-refractivity contribution is -0.136. The Balaban J connectivity index is 1.41. The fourth-order valence-electron chi connectivity index (χ4n) is 2.81. The van der Waals surface area contributed by atoms with E-state index in [4.69, 9.17) is 11.6 Å². The molecule has 1 heterocycles. The minimum atomic E-state index is -0.525. The van der Waals surface area contributed by atoms with Crippen LogP contribution in [0.5, 0.6) is 0 Å². The fraction of sp³-hybridized carbons (Fsp3) is 0.533. The number of nitrogens with one attached hydrogen (secondary N) is 1. The molecule has 0 atom stereocenters. The average molecular weight is 295 g/mol. The van der Waals surface area contributed by atoms with E-state index in [0.29, 0.717) is 37.1 Å². The van der Waals surface area contributed by atoms with Crippen LogP contribution in [0, 0.1) is 5.92 Å². The highest BCUT2D eigenvalue weighted by Gasteiger charge is 2.51. The second-order valence-corrected chi connectivity index (χ2v) is 6.30. The topological polar surface area (TPSA) is 52.6 Å². The molecule has 3 rings (SSSR count). The predicted octanol–water partition coefficient (Wildman–Crippen LogP) is 1.41. The van der Waals surface area contributed by atoms with E-state index in [-0.39, 0.29) is 5.91 Å². The molecule has 2 fully saturated rings. The first kappa shape index (κ1) is 13.9. The number of β-amino-alcohol motifs (C(OH)–C–C–N with tert-alkyl or cyclic N) is 1. The highest BCUT2D eigenvalue weighted by Crippen LogP contribution is 2.44. The van der Waals surface area contributed by atoms with Crippen LogP contribution >= 0.6 is 11.6 Å². The third kappa shape index (κ3) is 2.97. The molecule has 1 saturated heterocycles. The number of benzene rings is 1. The maximum absolute atomic E-state index is 11.8. The Morgan fingerprint density at radius 3 is 2.75 bits per heavy atom. The monoisotopic (exact) mass is 294 g/mol. The molecule has 0 unspecified atom stereocenters. The van der Waals surface area contributed by atoms with Gasteiger partial charge in [0.05, 0.1) is 12.1 Å². The van der Waals surface area contributed by atoms with Crippen LogP contribution in [-0.4, -0.2) is 41.1 Å². The smallest absolute Gasteiger partial charge is 0.234 e. The van der Waals surface area contributed by atoms with E-state index in [1.54, 1.807) is 0 Å². The van der Waals surface area contributed by atoms with Crippen molar-refractivity contribution in [3.63, 3.8) is 0 Å². The summed E-state index contributed by atoms with van der Waals surface area (Å²) in [5.41, 5.74) is 0.392. The Bertz CT molecular complexity index is 510. The summed E-state index contributed by atoms with van der Waals surface area (Å²) in [5, 5.41) is 13.7. The summed E-state index contributed by atoms with van der Waals surface area (Å²) in [6.45, 7) is 2.03. The van der Waals surface area contributed by atoms with Gasteiger partial charge >= 0.3 is 0 Å². The maximum atomic E-state index is 11.8. The van der Waals surface area contributed by atoms with Gasteiger partial charge in [-0.1, -0.05) is 29.8 Å². The van der Waals surface area contributed by atoms with Crippen LogP contribution in [0.3, 0.4) is 0 Å². The van der Waals surface area contributed by atoms with Gasteiger partial charge in [0.25, 0.3) is 0 Å². The lowest BCUT2D eigenvalue weighted by atomic mass is 9.89. The maximum Gasteiger partial charge on any atom is 0.234 e. The van der Waals surface area contributed by atoms with Crippen molar-refractivity contribution in [2.24, 2.45) is 5.92 Å². The van der Waals surface area contributed by atoms with E-state index in [0.717, 1.165) is 18.4 Å². The number of halogens is 1. The van der Waals surface area contributed by atoms with Crippen LogP contribution in [0.2, 0.25) is 5.02 Å². The summed E-state index contributed by atoms with van der Waals surface area (Å²) in [4.78, 5) is 13.8. The summed E-state index contributed by atoms with van der Waals surface area (Å²) in [5.74, 6) is 0.438. The third-order valence-corrected chi connectivity index (χ3v) is 4.50. The molecule has 1 aliphatic carbocycles. The second-order valence-electron chi connectivity index (χ2n) is 5.89. The van der Waals surface area contributed by atoms with Crippen LogP contribution in [0.15, 0.2) is 24.3 Å². The second kappa shape index (κ2) is 5.35. The Labute approximate surface area is 123 Å². The number of nitrogens with zero attached hydrogens (tertiary/aromatic N) is 1. The number of hydrogen-bond acceptors (Lipinski definition) is 3. The highest BCUT2D eigenvalue weighted by molar-refractivity contribution is 6.31. The van der Waals surface area contributed by atoms with E-state index in [9.17, 15) is 9.90 Å². The molecular formula is C15H19ClN2O2. The average Bonchev–Trinajstić information content (AvgIpc) is 3.20. The molecule has 1 saturated carbocycles. The quantitative estimate of drug-likeness (QED) is 0.863. The third-order valence-electron chi connectivity index (χ3n) is 4.13. The molecule has 0 bridgehead atoms. The molecule has 0 aromatic heterocycles. The first-order valence-corrected chi connectivity index (χ1v) is 7.39. The minimum Gasteiger partial charge on any atom is -0.387 e. The van der Waals surface area contributed by atoms with Gasteiger partial charge in [0.15, 0.2) is 0 Å². The zero-order chi connectivity index (χ0) is 14.2. The van der Waals surface area contributed by atoms with Gasteiger partial charge in [-0.3, -0.25) is 9.69 Å². The van der Waals surface area contributed by atoms with Crippen molar-refractivity contribution in [2.75, 3.05) is 19.6 Å². The molecular weight excluding hydrogens is 276 g/mol. The Morgan fingerprint density at radius 1 is 1.40 bits per heavy atom. The van der Waals surface area contributed by atoms with Crippen LogP contribution in [-0.2, 0) is 11.3 Å². The van der Waals surface area contributed by atoms with E-state index < -0.39 is 5.60 Å². The molecule has 2 aliphatic rings. The van der Waals surface area contributed by atoms with Gasteiger partial charge in [-0.05, 0) is 30.4 Å². The molecule has 1 amide bonds. The van der Waals surface area contributed by atoms with Crippen molar-refractivity contribution in [1.29, 1.82) is 0 Å². The molecule has 108 valence electrons. The normalized spacial score (nSPS) is 21.3. The fourth-order valence-corrected chi connectivity index (χ4v) is 3.02. The van der Waals surface area contributed by atoms with E-state index in [1.807, 2.05) is 29.2 Å². The number of carbonyl (C=O) groups is 1. The van der Waals surface area contributed by atoms with Gasteiger partial charge in [-0.25, -0.2) is 0 Å². The van der Waals surface area contributed by atoms with Gasteiger partial charge in [0, 0.05) is 24.7 Å². The molecule has 1 aliphatic heterocycles. The Morgan fingerprint density at radius 2 is 2.10 bits per heavy atom. The zero-order valence-electron chi connectivity index (χ0n) is 11.3. The first-order chi connectivity index (χ1) is 9.57. The van der Waals surface area contributed by atoms with E-state index in [1.165, 1.54) is 0 Å². The molecule has 2 N–H and O–H groups in total. The van der Waals surface area contributed by atoms with Crippen LogP contribution in [0.1, 0.15) is 18.4 Å². The molecule has 1 aromatic carbocycles. The van der Waals surface area contributed by atoms with Gasteiger partial charge < -0.3 is 10.4 Å². The molecule has 1 aromatic rings. The van der Waals surface area contributed by atoms with Crippen molar-refractivity contribution in [2.45, 2.75) is 25.0 Å². The zero-order valence-corrected chi connectivity index (χ0v) is 12.1. The van der Waals surface area contributed by atoms with Crippen molar-refractivity contribution >= 4 is 17.5 Å². The molecule has 20 heavy (non-hydrogen) atoms. The van der Waals surface area contributed by atoms with Crippen LogP contribution in [0.25, 0.3) is 0 Å². The number of rotatable bonds is 5. The molecule has 0 radical (unpaired) electrons. The van der Waals surface area contributed by atoms with Crippen molar-refractivity contribution in [3.05, 3.63) is 34.9 Å². The number of aliphatic hydroxyl groups is 1. The lowest BCUT2D eigenvalue weighted by Crippen LogP contribution is -2.64. The summed E-state index contributed by atoms with van der Waals surface area (Å²) < 4.78 is 0. The SMILES string of the molecule is O=C(CN1CC(O)(C2CC2)C1)NCc1ccccc1Cl. The summed E-state index contributed by atoms with van der Waals surface area (Å²) >= 11 is 6.04. The van der Waals surface area contributed by atoms with Crippen molar-refractivity contribution in [3.8, 4) is 0 Å². The number of amides is 1.